The summed E-state index contributed by atoms with van der Waals surface area (Å²) in [5, 5.41) is 8.84. The summed E-state index contributed by atoms with van der Waals surface area (Å²) in [5.74, 6) is 6.66. The van der Waals surface area contributed by atoms with Crippen molar-refractivity contribution in [3.63, 3.8) is 0 Å². The molecule has 1 aromatic carbocycles. The molecule has 3 aromatic rings. The van der Waals surface area contributed by atoms with E-state index in [2.05, 4.69) is 73.5 Å². The molecule has 5 heteroatoms. The molecular formula is C29H34N4S. The number of rotatable bonds is 10. The van der Waals surface area contributed by atoms with Crippen molar-refractivity contribution in [3.05, 3.63) is 94.3 Å². The van der Waals surface area contributed by atoms with Gasteiger partial charge in [-0.25, -0.2) is 0 Å². The van der Waals surface area contributed by atoms with Crippen LogP contribution in [0.3, 0.4) is 0 Å². The molecule has 0 aliphatic heterocycles. The molecule has 0 aliphatic carbocycles. The Hall–Kier alpha value is -3.36. The number of benzene rings is 1. The van der Waals surface area contributed by atoms with Crippen LogP contribution in [-0.2, 0) is 13.0 Å². The van der Waals surface area contributed by atoms with Gasteiger partial charge < -0.3 is 5.32 Å². The highest BCUT2D eigenvalue weighted by Gasteiger charge is 2.20. The van der Waals surface area contributed by atoms with Crippen molar-refractivity contribution in [3.8, 4) is 11.8 Å². The third-order valence-electron chi connectivity index (χ3n) is 5.43. The van der Waals surface area contributed by atoms with E-state index >= 15 is 0 Å². The standard InChI is InChI=1S/C29H34N4S/c1-7-9-10-18-33-20-24(19-31-33)14-17-26-22(5)27(29(30-6)34-26)28(32-21(3)4)25-15-12-23(11-8-2)13-16-25/h7,12-13,15-16,19-20,30H,1,3,8-11,18H2,2,4-6H3/b32-28-. The molecule has 0 saturated heterocycles. The van der Waals surface area contributed by atoms with Gasteiger partial charge in [-0.15, -0.1) is 17.9 Å². The van der Waals surface area contributed by atoms with Crippen LogP contribution >= 0.6 is 11.3 Å². The molecule has 0 fully saturated rings. The Morgan fingerprint density at radius 2 is 2.03 bits per heavy atom. The minimum absolute atomic E-state index is 0.775. The van der Waals surface area contributed by atoms with Gasteiger partial charge in [-0.1, -0.05) is 62.1 Å². The summed E-state index contributed by atoms with van der Waals surface area (Å²) in [7, 11) is 1.95. The summed E-state index contributed by atoms with van der Waals surface area (Å²) in [6.45, 7) is 14.9. The second-order valence-electron chi connectivity index (χ2n) is 8.33. The van der Waals surface area contributed by atoms with E-state index in [0.29, 0.717) is 0 Å². The second-order valence-corrected chi connectivity index (χ2v) is 9.35. The van der Waals surface area contributed by atoms with Crippen LogP contribution in [0.2, 0.25) is 0 Å². The zero-order valence-corrected chi connectivity index (χ0v) is 21.6. The minimum Gasteiger partial charge on any atom is -0.379 e. The van der Waals surface area contributed by atoms with Crippen molar-refractivity contribution >= 4 is 22.0 Å². The fraction of sp³-hybridized carbons (Fsp3) is 0.310. The Labute approximate surface area is 208 Å². The maximum atomic E-state index is 4.85. The Bertz CT molecular complexity index is 1230. The number of nitrogens with zero attached hydrogens (tertiary/aromatic N) is 3. The number of anilines is 1. The first kappa shape index (κ1) is 25.3. The summed E-state index contributed by atoms with van der Waals surface area (Å²) >= 11 is 1.66. The molecule has 0 atom stereocenters. The van der Waals surface area contributed by atoms with Crippen molar-refractivity contribution < 1.29 is 0 Å². The Morgan fingerprint density at radius 1 is 1.26 bits per heavy atom. The van der Waals surface area contributed by atoms with Gasteiger partial charge in [-0.3, -0.25) is 9.67 Å². The summed E-state index contributed by atoms with van der Waals surface area (Å²) in [4.78, 5) is 5.88. The molecule has 0 spiro atoms. The number of aryl methyl sites for hydroxylation is 2. The van der Waals surface area contributed by atoms with Gasteiger partial charge in [0.15, 0.2) is 0 Å². The molecule has 0 amide bonds. The van der Waals surface area contributed by atoms with E-state index in [9.17, 15) is 0 Å². The van der Waals surface area contributed by atoms with Crippen molar-refractivity contribution in [1.82, 2.24) is 9.78 Å². The second kappa shape index (κ2) is 12.2. The van der Waals surface area contributed by atoms with Gasteiger partial charge in [0.1, 0.15) is 0 Å². The molecule has 0 aliphatic rings. The lowest BCUT2D eigenvalue weighted by molar-refractivity contribution is 0.584. The van der Waals surface area contributed by atoms with E-state index in [-0.39, 0.29) is 0 Å². The van der Waals surface area contributed by atoms with Crippen molar-refractivity contribution in [1.29, 1.82) is 0 Å². The van der Waals surface area contributed by atoms with E-state index in [1.807, 2.05) is 37.1 Å². The number of allylic oxidation sites excluding steroid dienone is 2. The Kier molecular flexibility index (Phi) is 9.07. The lowest BCUT2D eigenvalue weighted by Gasteiger charge is -2.11. The number of aliphatic imine (C=N–C) groups is 1. The normalized spacial score (nSPS) is 11.1. The molecule has 176 valence electrons. The smallest absolute Gasteiger partial charge is 0.0991 e. The summed E-state index contributed by atoms with van der Waals surface area (Å²) < 4.78 is 1.94. The maximum Gasteiger partial charge on any atom is 0.0991 e. The van der Waals surface area contributed by atoms with Crippen molar-refractivity contribution in [2.24, 2.45) is 4.99 Å². The van der Waals surface area contributed by atoms with E-state index in [1.54, 1.807) is 11.3 Å². The summed E-state index contributed by atoms with van der Waals surface area (Å²) in [5.41, 5.74) is 7.25. The van der Waals surface area contributed by atoms with E-state index in [1.165, 1.54) is 5.56 Å². The molecule has 2 heterocycles. The lowest BCUT2D eigenvalue weighted by atomic mass is 9.98. The van der Waals surface area contributed by atoms with Crippen LogP contribution in [0.1, 0.15) is 65.8 Å². The fourth-order valence-corrected chi connectivity index (χ4v) is 4.76. The zero-order chi connectivity index (χ0) is 24.5. The van der Waals surface area contributed by atoms with Crippen LogP contribution in [0.4, 0.5) is 5.00 Å². The largest absolute Gasteiger partial charge is 0.379 e. The molecule has 0 radical (unpaired) electrons. The number of aromatic nitrogens is 2. The van der Waals surface area contributed by atoms with E-state index in [0.717, 1.165) is 75.8 Å². The topological polar surface area (TPSA) is 42.2 Å². The van der Waals surface area contributed by atoms with Crippen LogP contribution in [0.15, 0.2) is 66.6 Å². The lowest BCUT2D eigenvalue weighted by Crippen LogP contribution is -2.07. The monoisotopic (exact) mass is 470 g/mol. The molecule has 0 saturated carbocycles. The number of nitrogens with one attached hydrogen (secondary N) is 1. The first-order valence-corrected chi connectivity index (χ1v) is 12.6. The van der Waals surface area contributed by atoms with Gasteiger partial charge in [-0.2, -0.15) is 5.10 Å². The molecule has 3 rings (SSSR count). The number of hydrogen-bond donors (Lipinski definition) is 1. The van der Waals surface area contributed by atoms with Crippen LogP contribution in [0.25, 0.3) is 0 Å². The molecular weight excluding hydrogens is 436 g/mol. The van der Waals surface area contributed by atoms with Gasteiger partial charge in [0.2, 0.25) is 0 Å². The number of unbranched alkanes of at least 4 members (excludes halogenated alkanes) is 1. The zero-order valence-electron chi connectivity index (χ0n) is 20.7. The van der Waals surface area contributed by atoms with E-state index in [4.69, 9.17) is 4.99 Å². The first-order valence-electron chi connectivity index (χ1n) is 11.8. The molecule has 0 bridgehead atoms. The predicted octanol–water partition coefficient (Wildman–Crippen LogP) is 6.98. The van der Waals surface area contributed by atoms with Crippen LogP contribution in [-0.4, -0.2) is 22.5 Å². The third kappa shape index (κ3) is 6.36. The SMILES string of the molecule is C=CCCCn1cc(C#Cc2sc(NC)c(/C(=N\C(=C)C)c3ccc(CCC)cc3)c2C)cn1. The van der Waals surface area contributed by atoms with Gasteiger partial charge in [-0.05, 0) is 44.2 Å². The van der Waals surface area contributed by atoms with Crippen LogP contribution in [0, 0.1) is 18.8 Å². The van der Waals surface area contributed by atoms with Gasteiger partial charge in [0, 0.05) is 36.6 Å². The number of thiophene rings is 1. The third-order valence-corrected chi connectivity index (χ3v) is 6.65. The van der Waals surface area contributed by atoms with E-state index < -0.39 is 0 Å². The summed E-state index contributed by atoms with van der Waals surface area (Å²) in [6, 6.07) is 8.72. The van der Waals surface area contributed by atoms with Gasteiger partial charge >= 0.3 is 0 Å². The average Bonchev–Trinajstić information content (AvgIpc) is 3.40. The molecule has 4 nitrogen and oxygen atoms in total. The van der Waals surface area contributed by atoms with Crippen molar-refractivity contribution in [2.45, 2.75) is 53.0 Å². The predicted molar refractivity (Wildman–Crippen MR) is 147 cm³/mol. The Morgan fingerprint density at radius 3 is 2.68 bits per heavy atom. The highest BCUT2D eigenvalue weighted by Crippen LogP contribution is 2.35. The van der Waals surface area contributed by atoms with Crippen molar-refractivity contribution in [2.75, 3.05) is 12.4 Å². The minimum atomic E-state index is 0.775. The Balaban J connectivity index is 1.96. The fourth-order valence-electron chi connectivity index (χ4n) is 3.74. The first-order chi connectivity index (χ1) is 16.5. The average molecular weight is 471 g/mol. The quantitative estimate of drug-likeness (QED) is 0.150. The maximum absolute atomic E-state index is 4.85. The van der Waals surface area contributed by atoms with Crippen LogP contribution in [0.5, 0.6) is 0 Å². The van der Waals surface area contributed by atoms with Crippen LogP contribution < -0.4 is 5.32 Å². The molecule has 2 aromatic heterocycles. The summed E-state index contributed by atoms with van der Waals surface area (Å²) in [6.07, 6.45) is 10.00. The molecule has 0 unspecified atom stereocenters. The van der Waals surface area contributed by atoms with Gasteiger partial charge in [0.25, 0.3) is 0 Å². The molecule has 34 heavy (non-hydrogen) atoms. The highest BCUT2D eigenvalue weighted by molar-refractivity contribution is 7.17. The molecule has 1 N–H and O–H groups in total. The number of hydrogen-bond acceptors (Lipinski definition) is 4. The highest BCUT2D eigenvalue weighted by atomic mass is 32.1. The van der Waals surface area contributed by atoms with Gasteiger partial charge in [0.05, 0.1) is 27.4 Å².